The molecule has 0 bridgehead atoms. The summed E-state index contributed by atoms with van der Waals surface area (Å²) in [5.41, 5.74) is 0.371. The van der Waals surface area contributed by atoms with E-state index in [1.807, 2.05) is 13.8 Å². The molecule has 1 aliphatic rings. The van der Waals surface area contributed by atoms with Crippen molar-refractivity contribution in [3.63, 3.8) is 0 Å². The summed E-state index contributed by atoms with van der Waals surface area (Å²) in [5.74, 6) is 2.38. The van der Waals surface area contributed by atoms with Gasteiger partial charge in [-0.2, -0.15) is 0 Å². The maximum atomic E-state index is 11.5. The number of rotatable bonds is 4. The molecule has 0 aromatic carbocycles. The maximum Gasteiger partial charge on any atom is 0.252 e. The van der Waals surface area contributed by atoms with Gasteiger partial charge in [0.2, 0.25) is 0 Å². The molecule has 2 rings (SSSR count). The average molecular weight is 235 g/mol. The third-order valence-corrected chi connectivity index (χ3v) is 3.55. The van der Waals surface area contributed by atoms with E-state index in [0.717, 1.165) is 12.4 Å². The molecule has 0 aliphatic heterocycles. The largest absolute Gasteiger partial charge is 0.370 e. The third kappa shape index (κ3) is 2.87. The van der Waals surface area contributed by atoms with Crippen LogP contribution in [0.1, 0.15) is 45.9 Å². The maximum absolute atomic E-state index is 11.5. The lowest BCUT2D eigenvalue weighted by Crippen LogP contribution is -2.16. The minimum Gasteiger partial charge on any atom is -0.370 e. The van der Waals surface area contributed by atoms with E-state index in [1.165, 1.54) is 12.5 Å². The monoisotopic (exact) mass is 235 g/mol. The van der Waals surface area contributed by atoms with Crippen LogP contribution >= 0.6 is 0 Å². The average Bonchev–Trinajstić information content (AvgIpc) is 2.83. The fraction of sp³-hybridized carbons (Fsp3) is 0.692. The van der Waals surface area contributed by atoms with E-state index < -0.39 is 0 Å². The van der Waals surface area contributed by atoms with Crippen molar-refractivity contribution in [3.05, 3.63) is 22.2 Å². The molecular weight excluding hydrogens is 214 g/mol. The van der Waals surface area contributed by atoms with E-state index in [1.54, 1.807) is 0 Å². The molecule has 0 spiro atoms. The molecule has 4 heteroatoms. The summed E-state index contributed by atoms with van der Waals surface area (Å²) in [6.07, 6.45) is 1.25. The second-order valence-electron chi connectivity index (χ2n) is 5.94. The van der Waals surface area contributed by atoms with Gasteiger partial charge in [0.25, 0.3) is 5.56 Å². The predicted molar refractivity (Wildman–Crippen MR) is 69.3 cm³/mol. The zero-order valence-corrected chi connectivity index (χ0v) is 11.0. The van der Waals surface area contributed by atoms with Crippen molar-refractivity contribution in [3.8, 4) is 0 Å². The second-order valence-corrected chi connectivity index (χ2v) is 5.94. The van der Waals surface area contributed by atoms with Gasteiger partial charge in [0.05, 0.1) is 0 Å². The molecule has 1 aromatic rings. The summed E-state index contributed by atoms with van der Waals surface area (Å²) in [5, 5.41) is 3.27. The molecule has 0 saturated heterocycles. The minimum absolute atomic E-state index is 0.0822. The van der Waals surface area contributed by atoms with Gasteiger partial charge in [-0.15, -0.1) is 0 Å². The first kappa shape index (κ1) is 12.1. The number of hydrogen-bond acceptors (Lipinski definition) is 3. The van der Waals surface area contributed by atoms with Crippen molar-refractivity contribution < 1.29 is 0 Å². The lowest BCUT2D eigenvalue weighted by Gasteiger charge is -2.09. The second kappa shape index (κ2) is 4.17. The summed E-state index contributed by atoms with van der Waals surface area (Å²) < 4.78 is 0. The molecule has 1 saturated carbocycles. The summed E-state index contributed by atoms with van der Waals surface area (Å²) in [4.78, 5) is 18.6. The highest BCUT2D eigenvalue weighted by molar-refractivity contribution is 5.34. The summed E-state index contributed by atoms with van der Waals surface area (Å²) in [7, 11) is 0. The van der Waals surface area contributed by atoms with Gasteiger partial charge in [-0.3, -0.25) is 4.79 Å². The van der Waals surface area contributed by atoms with Crippen LogP contribution in [0.25, 0.3) is 0 Å². The normalized spacial score (nSPS) is 21.6. The van der Waals surface area contributed by atoms with Gasteiger partial charge in [-0.25, -0.2) is 4.98 Å². The van der Waals surface area contributed by atoms with Crippen molar-refractivity contribution in [1.29, 1.82) is 0 Å². The zero-order chi connectivity index (χ0) is 12.6. The van der Waals surface area contributed by atoms with Crippen LogP contribution in [-0.2, 0) is 0 Å². The van der Waals surface area contributed by atoms with Gasteiger partial charge in [0, 0.05) is 18.5 Å². The van der Waals surface area contributed by atoms with Crippen molar-refractivity contribution in [2.45, 2.75) is 40.0 Å². The third-order valence-electron chi connectivity index (χ3n) is 3.55. The van der Waals surface area contributed by atoms with Crippen LogP contribution in [0.4, 0.5) is 5.82 Å². The molecule has 1 unspecified atom stereocenters. The molecule has 1 heterocycles. The first-order valence-corrected chi connectivity index (χ1v) is 6.23. The number of anilines is 1. The smallest absolute Gasteiger partial charge is 0.252 e. The van der Waals surface area contributed by atoms with Gasteiger partial charge >= 0.3 is 0 Å². The van der Waals surface area contributed by atoms with Crippen molar-refractivity contribution >= 4 is 5.82 Å². The summed E-state index contributed by atoms with van der Waals surface area (Å²) in [6.45, 7) is 9.48. The zero-order valence-electron chi connectivity index (χ0n) is 11.0. The molecule has 0 radical (unpaired) electrons. The number of nitrogens with one attached hydrogen (secondary N) is 2. The van der Waals surface area contributed by atoms with Crippen molar-refractivity contribution in [1.82, 2.24) is 9.97 Å². The van der Waals surface area contributed by atoms with Crippen molar-refractivity contribution in [2.75, 3.05) is 11.9 Å². The lowest BCUT2D eigenvalue weighted by atomic mass is 10.1. The Morgan fingerprint density at radius 1 is 1.59 bits per heavy atom. The summed E-state index contributed by atoms with van der Waals surface area (Å²) in [6, 6.07) is 1.53. The van der Waals surface area contributed by atoms with Crippen LogP contribution < -0.4 is 10.9 Å². The number of H-pyrrole nitrogens is 1. The molecule has 1 aromatic heterocycles. The summed E-state index contributed by atoms with van der Waals surface area (Å²) >= 11 is 0. The minimum atomic E-state index is -0.0822. The number of hydrogen-bond donors (Lipinski definition) is 2. The molecule has 4 nitrogen and oxygen atoms in total. The highest BCUT2D eigenvalue weighted by atomic mass is 16.1. The van der Waals surface area contributed by atoms with Crippen LogP contribution in [0.5, 0.6) is 0 Å². The number of aromatic amines is 1. The number of nitrogens with zero attached hydrogens (tertiary/aromatic N) is 1. The van der Waals surface area contributed by atoms with Gasteiger partial charge < -0.3 is 10.3 Å². The molecule has 1 fully saturated rings. The van der Waals surface area contributed by atoms with E-state index in [9.17, 15) is 4.79 Å². The van der Waals surface area contributed by atoms with E-state index in [4.69, 9.17) is 0 Å². The van der Waals surface area contributed by atoms with Gasteiger partial charge in [0.15, 0.2) is 0 Å². The Morgan fingerprint density at radius 2 is 2.24 bits per heavy atom. The molecular formula is C13H21N3O. The first-order valence-electron chi connectivity index (χ1n) is 6.23. The number of aromatic nitrogens is 2. The van der Waals surface area contributed by atoms with E-state index in [0.29, 0.717) is 17.2 Å². The first-order chi connectivity index (χ1) is 7.88. The van der Waals surface area contributed by atoms with E-state index in [-0.39, 0.29) is 11.5 Å². The molecule has 1 aliphatic carbocycles. The Kier molecular flexibility index (Phi) is 2.98. The lowest BCUT2D eigenvalue weighted by molar-refractivity contribution is 0.572. The van der Waals surface area contributed by atoms with Gasteiger partial charge in [-0.1, -0.05) is 27.7 Å². The fourth-order valence-corrected chi connectivity index (χ4v) is 1.99. The fourth-order valence-electron chi connectivity index (χ4n) is 1.99. The van der Waals surface area contributed by atoms with Gasteiger partial charge in [-0.05, 0) is 17.8 Å². The Hall–Kier alpha value is -1.32. The Labute approximate surface area is 102 Å². The van der Waals surface area contributed by atoms with Crippen LogP contribution in [-0.4, -0.2) is 16.5 Å². The van der Waals surface area contributed by atoms with E-state index >= 15 is 0 Å². The molecule has 1 atom stereocenters. The van der Waals surface area contributed by atoms with Crippen LogP contribution in [0.15, 0.2) is 10.9 Å². The Bertz CT molecular complexity index is 462. The molecule has 94 valence electrons. The van der Waals surface area contributed by atoms with Crippen molar-refractivity contribution in [2.24, 2.45) is 11.3 Å². The molecule has 0 amide bonds. The van der Waals surface area contributed by atoms with Crippen LogP contribution in [0, 0.1) is 11.3 Å². The van der Waals surface area contributed by atoms with Crippen LogP contribution in [0.3, 0.4) is 0 Å². The predicted octanol–water partition coefficient (Wildman–Crippen LogP) is 2.35. The SMILES string of the molecule is CC(C)c1nc(NCC2CC2(C)C)cc(=O)[nH]1. The van der Waals surface area contributed by atoms with E-state index in [2.05, 4.69) is 29.1 Å². The molecule has 17 heavy (non-hydrogen) atoms. The standard InChI is InChI=1S/C13H21N3O/c1-8(2)12-15-10(5-11(17)16-12)14-7-9-6-13(9,3)4/h5,8-9H,6-7H2,1-4H3,(H2,14,15,16,17). The van der Waals surface area contributed by atoms with Crippen LogP contribution in [0.2, 0.25) is 0 Å². The van der Waals surface area contributed by atoms with Gasteiger partial charge in [0.1, 0.15) is 11.6 Å². The Balaban J connectivity index is 2.03. The Morgan fingerprint density at radius 3 is 2.76 bits per heavy atom. The highest BCUT2D eigenvalue weighted by Crippen LogP contribution is 2.51. The highest BCUT2D eigenvalue weighted by Gasteiger charge is 2.44. The quantitative estimate of drug-likeness (QED) is 0.842. The topological polar surface area (TPSA) is 57.8 Å². The molecule has 2 N–H and O–H groups in total.